The molecule has 16 heavy (non-hydrogen) atoms. The van der Waals surface area contributed by atoms with Gasteiger partial charge in [-0.25, -0.2) is 0 Å². The molecule has 0 aromatic carbocycles. The van der Waals surface area contributed by atoms with Gasteiger partial charge in [-0.05, 0) is 38.6 Å². The molecule has 1 aromatic rings. The predicted octanol–water partition coefficient (Wildman–Crippen LogP) is 1.81. The standard InChI is InChI=1S/C12H19N3S/c1-15(12-3-2-6-14-12)9-10-16-11-4-7-13-8-5-11/h4-5,7-8,12,14H,2-3,6,9-10H2,1H3. The first-order valence-electron chi connectivity index (χ1n) is 5.83. The van der Waals surface area contributed by atoms with Gasteiger partial charge in [-0.3, -0.25) is 9.88 Å². The minimum absolute atomic E-state index is 0.595. The Kier molecular flexibility index (Phi) is 4.63. The van der Waals surface area contributed by atoms with Crippen molar-refractivity contribution in [3.05, 3.63) is 24.5 Å². The lowest BCUT2D eigenvalue weighted by Gasteiger charge is -2.23. The van der Waals surface area contributed by atoms with Gasteiger partial charge >= 0.3 is 0 Å². The maximum atomic E-state index is 4.02. The van der Waals surface area contributed by atoms with Crippen molar-refractivity contribution in [2.24, 2.45) is 0 Å². The summed E-state index contributed by atoms with van der Waals surface area (Å²) in [6, 6.07) is 4.14. The van der Waals surface area contributed by atoms with Crippen LogP contribution in [0, 0.1) is 0 Å². The zero-order valence-corrected chi connectivity index (χ0v) is 10.5. The summed E-state index contributed by atoms with van der Waals surface area (Å²) in [4.78, 5) is 7.74. The Balaban J connectivity index is 1.67. The molecule has 0 spiro atoms. The van der Waals surface area contributed by atoms with Crippen molar-refractivity contribution in [1.82, 2.24) is 15.2 Å². The Morgan fingerprint density at radius 2 is 2.31 bits per heavy atom. The molecule has 0 saturated carbocycles. The van der Waals surface area contributed by atoms with Gasteiger partial charge in [0.05, 0.1) is 6.17 Å². The van der Waals surface area contributed by atoms with Crippen LogP contribution in [0.3, 0.4) is 0 Å². The van der Waals surface area contributed by atoms with E-state index in [-0.39, 0.29) is 0 Å². The maximum absolute atomic E-state index is 4.02. The fourth-order valence-corrected chi connectivity index (χ4v) is 2.87. The Labute approximate surface area is 102 Å². The van der Waals surface area contributed by atoms with Crippen molar-refractivity contribution in [3.63, 3.8) is 0 Å². The Morgan fingerprint density at radius 1 is 1.50 bits per heavy atom. The Hall–Kier alpha value is -0.580. The van der Waals surface area contributed by atoms with E-state index in [4.69, 9.17) is 0 Å². The van der Waals surface area contributed by atoms with Crippen LogP contribution in [-0.4, -0.2) is 41.9 Å². The monoisotopic (exact) mass is 237 g/mol. The summed E-state index contributed by atoms with van der Waals surface area (Å²) >= 11 is 1.90. The first kappa shape index (κ1) is 11.9. The van der Waals surface area contributed by atoms with Crippen LogP contribution in [0.5, 0.6) is 0 Å². The highest BCUT2D eigenvalue weighted by Gasteiger charge is 2.17. The molecular weight excluding hydrogens is 218 g/mol. The average Bonchev–Trinajstić information content (AvgIpc) is 2.84. The molecule has 88 valence electrons. The van der Waals surface area contributed by atoms with E-state index >= 15 is 0 Å². The number of hydrogen-bond acceptors (Lipinski definition) is 4. The summed E-state index contributed by atoms with van der Waals surface area (Å²) in [6.45, 7) is 2.30. The molecule has 1 aliphatic heterocycles. The number of nitrogens with one attached hydrogen (secondary N) is 1. The van der Waals surface area contributed by atoms with Crippen LogP contribution in [0.25, 0.3) is 0 Å². The first-order chi connectivity index (χ1) is 7.86. The van der Waals surface area contributed by atoms with E-state index in [0.29, 0.717) is 6.17 Å². The third-order valence-corrected chi connectivity index (χ3v) is 3.92. The molecular formula is C12H19N3S. The van der Waals surface area contributed by atoms with Gasteiger partial charge in [-0.15, -0.1) is 11.8 Å². The smallest absolute Gasteiger partial charge is 0.0595 e. The molecule has 1 aromatic heterocycles. The fraction of sp³-hybridized carbons (Fsp3) is 0.583. The first-order valence-corrected chi connectivity index (χ1v) is 6.81. The SMILES string of the molecule is CN(CCSc1ccncc1)C1CCCN1. The third-order valence-electron chi connectivity index (χ3n) is 2.93. The Morgan fingerprint density at radius 3 is 3.00 bits per heavy atom. The van der Waals surface area contributed by atoms with Crippen molar-refractivity contribution in [2.45, 2.75) is 23.9 Å². The zero-order valence-electron chi connectivity index (χ0n) is 9.72. The summed E-state index contributed by atoms with van der Waals surface area (Å²) < 4.78 is 0. The quantitative estimate of drug-likeness (QED) is 0.791. The minimum Gasteiger partial charge on any atom is -0.302 e. The predicted molar refractivity (Wildman–Crippen MR) is 68.6 cm³/mol. The highest BCUT2D eigenvalue weighted by molar-refractivity contribution is 7.99. The minimum atomic E-state index is 0.595. The van der Waals surface area contributed by atoms with E-state index in [1.807, 2.05) is 24.2 Å². The van der Waals surface area contributed by atoms with E-state index in [1.54, 1.807) is 0 Å². The van der Waals surface area contributed by atoms with Crippen LogP contribution in [0.1, 0.15) is 12.8 Å². The zero-order chi connectivity index (χ0) is 11.2. The van der Waals surface area contributed by atoms with Crippen LogP contribution in [0.4, 0.5) is 0 Å². The Bertz CT molecular complexity index is 298. The topological polar surface area (TPSA) is 28.2 Å². The molecule has 1 atom stereocenters. The van der Waals surface area contributed by atoms with Crippen molar-refractivity contribution in [2.75, 3.05) is 25.9 Å². The lowest BCUT2D eigenvalue weighted by atomic mass is 10.3. The molecule has 0 radical (unpaired) electrons. The van der Waals surface area contributed by atoms with Crippen LogP contribution >= 0.6 is 11.8 Å². The van der Waals surface area contributed by atoms with E-state index in [1.165, 1.54) is 24.3 Å². The normalized spacial score (nSPS) is 20.5. The van der Waals surface area contributed by atoms with Crippen molar-refractivity contribution < 1.29 is 0 Å². The molecule has 4 heteroatoms. The van der Waals surface area contributed by atoms with Gasteiger partial charge in [0.15, 0.2) is 0 Å². The van der Waals surface area contributed by atoms with Gasteiger partial charge in [-0.2, -0.15) is 0 Å². The number of nitrogens with zero attached hydrogens (tertiary/aromatic N) is 2. The lowest BCUT2D eigenvalue weighted by molar-refractivity contribution is 0.239. The second kappa shape index (κ2) is 6.23. The van der Waals surface area contributed by atoms with Gasteiger partial charge in [0.25, 0.3) is 0 Å². The number of pyridine rings is 1. The number of hydrogen-bond donors (Lipinski definition) is 1. The number of thioether (sulfide) groups is 1. The van der Waals surface area contributed by atoms with Gasteiger partial charge in [0.2, 0.25) is 0 Å². The molecule has 2 rings (SSSR count). The molecule has 2 heterocycles. The molecule has 1 N–H and O–H groups in total. The van der Waals surface area contributed by atoms with Crippen LogP contribution in [0.2, 0.25) is 0 Å². The van der Waals surface area contributed by atoms with E-state index in [9.17, 15) is 0 Å². The maximum Gasteiger partial charge on any atom is 0.0595 e. The van der Waals surface area contributed by atoms with Crippen LogP contribution < -0.4 is 5.32 Å². The highest BCUT2D eigenvalue weighted by Crippen LogP contribution is 2.17. The van der Waals surface area contributed by atoms with Crippen LogP contribution in [-0.2, 0) is 0 Å². The van der Waals surface area contributed by atoms with Crippen molar-refractivity contribution >= 4 is 11.8 Å². The van der Waals surface area contributed by atoms with Gasteiger partial charge in [-0.1, -0.05) is 0 Å². The second-order valence-corrected chi connectivity index (χ2v) is 5.29. The third kappa shape index (κ3) is 3.47. The fourth-order valence-electron chi connectivity index (χ4n) is 1.94. The van der Waals surface area contributed by atoms with E-state index in [0.717, 1.165) is 12.3 Å². The summed E-state index contributed by atoms with van der Waals surface area (Å²) in [5, 5.41) is 3.51. The number of aromatic nitrogens is 1. The molecule has 1 unspecified atom stereocenters. The molecule has 0 aliphatic carbocycles. The molecule has 0 bridgehead atoms. The molecule has 1 fully saturated rings. The lowest BCUT2D eigenvalue weighted by Crippen LogP contribution is -2.40. The average molecular weight is 237 g/mol. The van der Waals surface area contributed by atoms with E-state index < -0.39 is 0 Å². The van der Waals surface area contributed by atoms with Crippen molar-refractivity contribution in [3.8, 4) is 0 Å². The summed E-state index contributed by atoms with van der Waals surface area (Å²) in [5.41, 5.74) is 0. The van der Waals surface area contributed by atoms with Gasteiger partial charge < -0.3 is 5.32 Å². The second-order valence-electron chi connectivity index (χ2n) is 4.12. The van der Waals surface area contributed by atoms with Crippen LogP contribution in [0.15, 0.2) is 29.4 Å². The highest BCUT2D eigenvalue weighted by atomic mass is 32.2. The summed E-state index contributed by atoms with van der Waals surface area (Å²) in [7, 11) is 2.20. The molecule has 3 nitrogen and oxygen atoms in total. The van der Waals surface area contributed by atoms with Crippen molar-refractivity contribution in [1.29, 1.82) is 0 Å². The number of rotatable bonds is 5. The summed E-state index contributed by atoms with van der Waals surface area (Å²) in [5.74, 6) is 1.14. The molecule has 1 saturated heterocycles. The molecule has 0 amide bonds. The summed E-state index contributed by atoms with van der Waals surface area (Å²) in [6.07, 6.45) is 6.90. The molecule has 1 aliphatic rings. The largest absolute Gasteiger partial charge is 0.302 e. The van der Waals surface area contributed by atoms with Gasteiger partial charge in [0, 0.05) is 29.6 Å². The van der Waals surface area contributed by atoms with Gasteiger partial charge in [0.1, 0.15) is 0 Å². The van der Waals surface area contributed by atoms with E-state index in [2.05, 4.69) is 34.4 Å².